The van der Waals surface area contributed by atoms with Crippen LogP contribution in [0.4, 0.5) is 14.5 Å². The van der Waals surface area contributed by atoms with Gasteiger partial charge < -0.3 is 5.32 Å². The zero-order chi connectivity index (χ0) is 22.0. The van der Waals surface area contributed by atoms with Crippen LogP contribution in [-0.2, 0) is 26.3 Å². The smallest absolute Gasteiger partial charge is 0.254 e. The summed E-state index contributed by atoms with van der Waals surface area (Å²) >= 11 is 0. The van der Waals surface area contributed by atoms with Crippen molar-refractivity contribution in [1.82, 2.24) is 4.72 Å². The highest BCUT2D eigenvalue weighted by atomic mass is 32.2. The Balaban J connectivity index is 1.91. The lowest BCUT2D eigenvalue weighted by molar-refractivity contribution is -0.0578. The third-order valence-corrected chi connectivity index (χ3v) is 7.83. The van der Waals surface area contributed by atoms with Gasteiger partial charge in [-0.3, -0.25) is 0 Å². The first-order valence-electron chi connectivity index (χ1n) is 10.1. The van der Waals surface area contributed by atoms with Crippen LogP contribution >= 0.6 is 0 Å². The Morgan fingerprint density at radius 1 is 1.33 bits per heavy atom. The Morgan fingerprint density at radius 3 is 2.77 bits per heavy atom. The Morgan fingerprint density at radius 2 is 2.10 bits per heavy atom. The zero-order valence-electron chi connectivity index (χ0n) is 17.6. The van der Waals surface area contributed by atoms with Gasteiger partial charge in [-0.25, -0.2) is 22.5 Å². The van der Waals surface area contributed by atoms with Gasteiger partial charge in [0.25, 0.3) is 5.92 Å². The van der Waals surface area contributed by atoms with Crippen molar-refractivity contribution in [1.29, 1.82) is 0 Å². The lowest BCUT2D eigenvalue weighted by Crippen LogP contribution is -2.45. The summed E-state index contributed by atoms with van der Waals surface area (Å²) < 4.78 is 44.3. The van der Waals surface area contributed by atoms with Crippen molar-refractivity contribution in [2.24, 2.45) is 0 Å². The third kappa shape index (κ3) is 4.29. The normalized spacial score (nSPS) is 23.2. The molecule has 4 nitrogen and oxygen atoms in total. The SMILES string of the molecule is CCNS(=O)(=C=O)C1=CC=C(Cc2ccc3c(c2)C(C)(C(C)(F)F)CCN3)CC=C1. The number of carbonyl (C=O) groups excluding carboxylic acids is 1. The largest absolute Gasteiger partial charge is 0.385 e. The molecule has 2 unspecified atom stereocenters. The van der Waals surface area contributed by atoms with Crippen LogP contribution < -0.4 is 10.0 Å². The van der Waals surface area contributed by atoms with Gasteiger partial charge in [0.05, 0.1) is 10.3 Å². The Hall–Kier alpha value is -2.21. The molecule has 1 heterocycles. The summed E-state index contributed by atoms with van der Waals surface area (Å²) in [7, 11) is -3.06. The first kappa shape index (κ1) is 22.5. The van der Waals surface area contributed by atoms with E-state index in [0.717, 1.165) is 23.7 Å². The summed E-state index contributed by atoms with van der Waals surface area (Å²) in [5.41, 5.74) is 2.17. The fraction of sp³-hybridized carbons (Fsp3) is 0.435. The minimum Gasteiger partial charge on any atom is -0.385 e. The number of fused-ring (bicyclic) bond motifs is 1. The maximum absolute atomic E-state index is 14.4. The van der Waals surface area contributed by atoms with Gasteiger partial charge in [0.2, 0.25) is 5.23 Å². The molecule has 1 aromatic rings. The van der Waals surface area contributed by atoms with Crippen molar-refractivity contribution in [3.63, 3.8) is 0 Å². The maximum atomic E-state index is 14.4. The lowest BCUT2D eigenvalue weighted by Gasteiger charge is -2.41. The van der Waals surface area contributed by atoms with E-state index in [9.17, 15) is 17.8 Å². The highest BCUT2D eigenvalue weighted by Gasteiger charge is 2.49. The summed E-state index contributed by atoms with van der Waals surface area (Å²) in [6.07, 6.45) is 8.66. The zero-order valence-corrected chi connectivity index (χ0v) is 18.4. The predicted molar refractivity (Wildman–Crippen MR) is 119 cm³/mol. The van der Waals surface area contributed by atoms with Gasteiger partial charge in [0.15, 0.2) is 0 Å². The number of hydrogen-bond donors (Lipinski definition) is 2. The molecule has 3 rings (SSSR count). The summed E-state index contributed by atoms with van der Waals surface area (Å²) in [5, 5.41) is 4.87. The number of alkyl halides is 2. The predicted octanol–water partition coefficient (Wildman–Crippen LogP) is 4.60. The standard InChI is InChI=1S/C23H28F2N2O2S/c1-4-27-30(29,16-28)19-7-5-6-17(8-10-19)14-18-9-11-21-20(15-18)22(2,12-13-26-21)23(3,24)25/h5,7-11,15,26H,4,6,12-14H2,1-3H3,(H,27,29). The molecule has 0 spiro atoms. The van der Waals surface area contributed by atoms with E-state index in [0.29, 0.717) is 42.8 Å². The fourth-order valence-corrected chi connectivity index (χ4v) is 5.22. The molecule has 2 N–H and O–H groups in total. The summed E-state index contributed by atoms with van der Waals surface area (Å²) in [6, 6.07) is 5.70. The monoisotopic (exact) mass is 434 g/mol. The van der Waals surface area contributed by atoms with Crippen molar-refractivity contribution in [2.45, 2.75) is 51.4 Å². The van der Waals surface area contributed by atoms with Crippen LogP contribution in [0, 0.1) is 0 Å². The first-order valence-corrected chi connectivity index (χ1v) is 11.7. The van der Waals surface area contributed by atoms with E-state index >= 15 is 0 Å². The van der Waals surface area contributed by atoms with Crippen molar-refractivity contribution in [3.05, 3.63) is 64.1 Å². The fourth-order valence-electron chi connectivity index (χ4n) is 3.95. The average molecular weight is 435 g/mol. The molecular weight excluding hydrogens is 406 g/mol. The molecule has 1 aromatic carbocycles. The summed E-state index contributed by atoms with van der Waals surface area (Å²) in [4.78, 5) is 11.6. The first-order chi connectivity index (χ1) is 14.1. The average Bonchev–Trinajstić information content (AvgIpc) is 2.94. The summed E-state index contributed by atoms with van der Waals surface area (Å²) in [6.45, 7) is 5.31. The second kappa shape index (κ2) is 8.50. The number of benzene rings is 1. The molecule has 0 radical (unpaired) electrons. The van der Waals surface area contributed by atoms with Gasteiger partial charge in [0.1, 0.15) is 9.71 Å². The van der Waals surface area contributed by atoms with Crippen molar-refractivity contribution < 1.29 is 17.8 Å². The molecule has 0 bridgehead atoms. The molecule has 30 heavy (non-hydrogen) atoms. The number of anilines is 1. The van der Waals surface area contributed by atoms with E-state index in [1.807, 2.05) is 30.4 Å². The van der Waals surface area contributed by atoms with Crippen LogP contribution in [0.15, 0.2) is 53.0 Å². The van der Waals surface area contributed by atoms with Gasteiger partial charge in [0, 0.05) is 25.7 Å². The van der Waals surface area contributed by atoms with Crippen LogP contribution in [0.25, 0.3) is 0 Å². The second-order valence-corrected chi connectivity index (χ2v) is 10.1. The number of halogens is 2. The Labute approximate surface area is 177 Å². The molecule has 7 heteroatoms. The van der Waals surface area contributed by atoms with E-state index in [4.69, 9.17) is 0 Å². The molecule has 1 aliphatic carbocycles. The van der Waals surface area contributed by atoms with E-state index in [2.05, 4.69) is 10.0 Å². The van der Waals surface area contributed by atoms with Crippen LogP contribution in [0.2, 0.25) is 0 Å². The Kier molecular flexibility index (Phi) is 6.37. The molecule has 162 valence electrons. The van der Waals surface area contributed by atoms with Crippen LogP contribution in [0.5, 0.6) is 0 Å². The van der Waals surface area contributed by atoms with E-state index < -0.39 is 21.0 Å². The van der Waals surface area contributed by atoms with Gasteiger partial charge >= 0.3 is 0 Å². The Bertz CT molecular complexity index is 1060. The van der Waals surface area contributed by atoms with Crippen molar-refractivity contribution in [3.8, 4) is 0 Å². The third-order valence-electron chi connectivity index (χ3n) is 5.96. The quantitative estimate of drug-likeness (QED) is 0.643. The lowest BCUT2D eigenvalue weighted by atomic mass is 9.71. The maximum Gasteiger partial charge on any atom is 0.254 e. The van der Waals surface area contributed by atoms with Crippen LogP contribution in [0.1, 0.15) is 44.7 Å². The van der Waals surface area contributed by atoms with Gasteiger partial charge in [-0.05, 0) is 55.5 Å². The van der Waals surface area contributed by atoms with Gasteiger partial charge in [-0.15, -0.1) is 0 Å². The molecule has 0 aromatic heterocycles. The van der Waals surface area contributed by atoms with Gasteiger partial charge in [-0.1, -0.05) is 36.8 Å². The molecule has 0 saturated heterocycles. The molecule has 0 fully saturated rings. The van der Waals surface area contributed by atoms with Crippen LogP contribution in [-0.4, -0.2) is 28.5 Å². The number of nitrogens with one attached hydrogen (secondary N) is 2. The molecule has 2 atom stereocenters. The molecule has 0 saturated carbocycles. The van der Waals surface area contributed by atoms with E-state index in [1.165, 1.54) is 0 Å². The molecule has 1 aliphatic heterocycles. The second-order valence-electron chi connectivity index (χ2n) is 8.09. The highest BCUT2D eigenvalue weighted by Crippen LogP contribution is 2.47. The number of hydrogen-bond acceptors (Lipinski definition) is 3. The minimum absolute atomic E-state index is 0.367. The topological polar surface area (TPSA) is 58.2 Å². The minimum atomic E-state index is -3.06. The van der Waals surface area contributed by atoms with E-state index in [1.54, 1.807) is 31.2 Å². The van der Waals surface area contributed by atoms with Crippen LogP contribution in [0.3, 0.4) is 0 Å². The highest BCUT2D eigenvalue weighted by molar-refractivity contribution is 8.02. The molecular formula is C23H28F2N2O2S. The summed E-state index contributed by atoms with van der Waals surface area (Å²) in [5.74, 6) is -2.83. The van der Waals surface area contributed by atoms with Crippen molar-refractivity contribution in [2.75, 3.05) is 18.4 Å². The molecule has 0 amide bonds. The van der Waals surface area contributed by atoms with Crippen molar-refractivity contribution >= 4 is 20.6 Å². The van der Waals surface area contributed by atoms with Gasteiger partial charge in [-0.2, -0.15) is 0 Å². The number of rotatable bonds is 6. The molecule has 2 aliphatic rings. The number of allylic oxidation sites excluding steroid dienone is 5. The van der Waals surface area contributed by atoms with E-state index in [-0.39, 0.29) is 0 Å².